The number of aryl methyl sites for hydroxylation is 4. The van der Waals surface area contributed by atoms with Crippen molar-refractivity contribution in [3.8, 4) is 0 Å². The molecule has 0 aromatic heterocycles. The third-order valence-electron chi connectivity index (χ3n) is 22.1. The van der Waals surface area contributed by atoms with Gasteiger partial charge in [-0.25, -0.2) is 105 Å². The lowest BCUT2D eigenvalue weighted by Gasteiger charge is -2.23. The number of alkyl halides is 6. The molecule has 0 saturated carbocycles. The molecule has 18 aromatic rings. The third-order valence-corrected chi connectivity index (χ3v) is 36.9. The first-order valence-corrected chi connectivity index (χ1v) is 52.1. The molecule has 0 N–H and O–H groups in total. The van der Waals surface area contributed by atoms with Crippen LogP contribution in [0.3, 0.4) is 0 Å². The van der Waals surface area contributed by atoms with E-state index < -0.39 is 209 Å². The Kier molecular flexibility index (Phi) is 38.1. The molecule has 18 aromatic carbocycles. The van der Waals surface area contributed by atoms with Gasteiger partial charge in [0.15, 0.2) is 69.8 Å². The van der Waals surface area contributed by atoms with Crippen molar-refractivity contribution in [2.45, 2.75) is 40.0 Å². The Morgan fingerprint density at radius 1 is 0.147 bits per heavy atom. The van der Waals surface area contributed by atoms with Crippen molar-refractivity contribution in [2.75, 3.05) is 0 Å². The van der Waals surface area contributed by atoms with E-state index in [0.29, 0.717) is 28.8 Å². The van der Waals surface area contributed by atoms with Gasteiger partial charge in [-0.2, -0.15) is 26.3 Å². The van der Waals surface area contributed by atoms with Gasteiger partial charge in [-0.1, -0.05) is 271 Å². The molecule has 0 aliphatic rings. The molecule has 18 rings (SSSR count). The minimum atomic E-state index is -4.90. The molecule has 0 spiro atoms. The van der Waals surface area contributed by atoms with Crippen LogP contribution in [0.25, 0.3) is 0 Å². The van der Waals surface area contributed by atoms with Gasteiger partial charge in [0.2, 0.25) is 17.5 Å². The minimum absolute atomic E-state index is 0.160. The number of benzene rings is 18. The van der Waals surface area contributed by atoms with Gasteiger partial charge in [-0.3, -0.25) is 0 Å². The SMILES string of the molecule is Cc1ccc(P(c2ccc(C(F)(F)F)cc2)c2ccc(C(F)(F)F)cc2)cc1.Cc1ccc(P(c2ccc(C)cc2)c2ccc(C)cc2)cc1.Fc1c(F)c(F)c(P(c2c(F)c(F)c(F)c(F)c2F)c2c(F)c(F)c(F)c(F)c2F)c(F)c1F.Fc1ccc(P(c2ccc(F)cc2)c2ccc(F)cc2)cc1.Fc1ccc(P(c2ccc(F)cc2F)c2ccc(F)cc2F)c(F)c1.c1ccc(P(c2ccccc2)c2ccccc2)cc1. The first-order chi connectivity index (χ1) is 71.3. The standard InChI is InChI=1S/C21H15F6P.C21H21P.C18F15P.C18H9F6P.C18H12F3P.C18H15P/c1-14-2-8-17(9-3-14)28(18-10-4-15(5-11-18)20(22,23)24)19-12-6-16(7-13-19)21(25,26)27;1-16-4-10-19(11-5-16)22(20-12-6-17(2)7-13-20)21-14-8-18(3)9-15-21;19-1-4(22)10(28)16(11(29)5(1)23)34(17-12(30)6(24)2(20)7(25)13(17)31)18-14(32)8(26)3(21)9(27)15(18)33;19-10-1-4-16(13(22)7-10)25(17-5-2-11(20)8-14(17)23)18-6-3-12(21)9-15(18)24;19-13-1-7-16(8-2-13)22(17-9-3-14(20)4-10-17)18-11-5-15(21)6-12-18;1-4-10-16(11-5-1)19(17-12-6-2-7-13-17)18-14-8-3-9-15-18/h2-13H,1H3;4-15H,1-3H3;;1-9H;1-12H;1-15H. The number of rotatable bonds is 18. The average Bonchev–Trinajstić information content (AvgIpc) is 0.731. The molecule has 0 radical (unpaired) electrons. The van der Waals surface area contributed by atoms with Crippen LogP contribution in [0.4, 0.5) is 132 Å². The van der Waals surface area contributed by atoms with E-state index in [-0.39, 0.29) is 33.4 Å². The zero-order valence-corrected chi connectivity index (χ0v) is 83.0. The van der Waals surface area contributed by atoms with Gasteiger partial charge in [-0.15, -0.1) is 0 Å². The number of halogens is 30. The fourth-order valence-corrected chi connectivity index (χ4v) is 28.5. The summed E-state index contributed by atoms with van der Waals surface area (Å²) in [4.78, 5) is 0. The van der Waals surface area contributed by atoms with Crippen LogP contribution < -0.4 is 95.5 Å². The highest BCUT2D eigenvalue weighted by Gasteiger charge is 2.44. The third kappa shape index (κ3) is 27.4. The largest absolute Gasteiger partial charge is 0.416 e. The Labute approximate surface area is 847 Å². The highest BCUT2D eigenvalue weighted by atomic mass is 31.1. The van der Waals surface area contributed by atoms with Crippen LogP contribution in [0.2, 0.25) is 0 Å². The first kappa shape index (κ1) is 114. The molecule has 0 unspecified atom stereocenters. The normalized spacial score (nSPS) is 11.4. The summed E-state index contributed by atoms with van der Waals surface area (Å²) in [7, 11) is -10.3. The van der Waals surface area contributed by atoms with Gasteiger partial charge in [0.05, 0.1) is 27.0 Å². The van der Waals surface area contributed by atoms with Gasteiger partial charge < -0.3 is 0 Å². The molecular weight excluding hydrogens is 2130 g/mol. The predicted octanol–water partition coefficient (Wildman–Crippen LogP) is 27.3. The van der Waals surface area contributed by atoms with Gasteiger partial charge in [0.25, 0.3) is 0 Å². The molecule has 0 nitrogen and oxygen atoms in total. The van der Waals surface area contributed by atoms with E-state index in [9.17, 15) is 132 Å². The molecule has 0 aliphatic heterocycles. The summed E-state index contributed by atoms with van der Waals surface area (Å²) in [5.41, 5.74) is 3.42. The summed E-state index contributed by atoms with van der Waals surface area (Å²) in [6.45, 7) is 8.33. The van der Waals surface area contributed by atoms with Crippen molar-refractivity contribution in [1.29, 1.82) is 0 Å². The zero-order valence-electron chi connectivity index (χ0n) is 77.7. The lowest BCUT2D eigenvalue weighted by atomic mass is 10.2. The van der Waals surface area contributed by atoms with Crippen molar-refractivity contribution < 1.29 is 132 Å². The second-order valence-corrected chi connectivity index (χ2v) is 45.4. The zero-order chi connectivity index (χ0) is 109. The molecule has 0 fully saturated rings. The molecular formula is C114H72F30P6. The monoisotopic (exact) mass is 2200 g/mol. The van der Waals surface area contributed by atoms with Gasteiger partial charge >= 0.3 is 12.4 Å². The van der Waals surface area contributed by atoms with E-state index in [2.05, 4.69) is 185 Å². The van der Waals surface area contributed by atoms with Crippen LogP contribution in [-0.2, 0) is 12.4 Å². The van der Waals surface area contributed by atoms with E-state index in [1.165, 1.54) is 109 Å². The molecule has 150 heavy (non-hydrogen) atoms. The molecule has 0 heterocycles. The van der Waals surface area contributed by atoms with Crippen molar-refractivity contribution in [1.82, 2.24) is 0 Å². The Hall–Kier alpha value is -13.6. The Morgan fingerprint density at radius 3 is 0.473 bits per heavy atom. The number of hydrogen-bond acceptors (Lipinski definition) is 0. The number of hydrogen-bond donors (Lipinski definition) is 0. The summed E-state index contributed by atoms with van der Waals surface area (Å²) < 4.78 is 408. The molecule has 36 heteroatoms. The second-order valence-electron chi connectivity index (χ2n) is 32.4. The molecule has 0 aliphatic carbocycles. The maximum atomic E-state index is 14.4. The summed E-state index contributed by atoms with van der Waals surface area (Å²) in [6.07, 6.45) is -8.89. The molecule has 0 atom stereocenters. The van der Waals surface area contributed by atoms with Crippen molar-refractivity contribution in [3.63, 3.8) is 0 Å². The predicted molar refractivity (Wildman–Crippen MR) is 539 cm³/mol. The van der Waals surface area contributed by atoms with Crippen molar-refractivity contribution >= 4 is 143 Å². The lowest BCUT2D eigenvalue weighted by molar-refractivity contribution is -0.138. The summed E-state index contributed by atoms with van der Waals surface area (Å²) in [6, 6.07) is 103. The molecule has 0 saturated heterocycles. The maximum absolute atomic E-state index is 14.4. The Morgan fingerprint density at radius 2 is 0.300 bits per heavy atom. The van der Waals surface area contributed by atoms with E-state index in [1.807, 2.05) is 31.2 Å². The minimum Gasteiger partial charge on any atom is -0.207 e. The summed E-state index contributed by atoms with van der Waals surface area (Å²) in [5, 5.41) is 4.99. The van der Waals surface area contributed by atoms with Crippen molar-refractivity contribution in [2.24, 2.45) is 0 Å². The van der Waals surface area contributed by atoms with E-state index in [0.717, 1.165) is 87.4 Å². The molecule has 0 bridgehead atoms. The van der Waals surface area contributed by atoms with Crippen LogP contribution >= 0.6 is 47.5 Å². The van der Waals surface area contributed by atoms with E-state index in [4.69, 9.17) is 0 Å². The highest BCUT2D eigenvalue weighted by molar-refractivity contribution is 7.82. The first-order valence-electron chi connectivity index (χ1n) is 44.0. The topological polar surface area (TPSA) is 0 Å². The average molecular weight is 2200 g/mol. The van der Waals surface area contributed by atoms with Crippen molar-refractivity contribution in [3.05, 3.63) is 537 Å². The summed E-state index contributed by atoms with van der Waals surface area (Å²) in [5.74, 6) is -51.4. The summed E-state index contributed by atoms with van der Waals surface area (Å²) >= 11 is 0. The van der Waals surface area contributed by atoms with Crippen LogP contribution in [0, 0.1) is 167 Å². The smallest absolute Gasteiger partial charge is 0.207 e. The molecule has 768 valence electrons. The van der Waals surface area contributed by atoms with Crippen LogP contribution in [-0.4, -0.2) is 0 Å². The second kappa shape index (κ2) is 50.4. The van der Waals surface area contributed by atoms with E-state index in [1.54, 1.807) is 36.4 Å². The van der Waals surface area contributed by atoms with Gasteiger partial charge in [-0.05, 0) is 228 Å². The van der Waals surface area contributed by atoms with E-state index >= 15 is 0 Å². The quantitative estimate of drug-likeness (QED) is 0.0348. The van der Waals surface area contributed by atoms with Gasteiger partial charge in [0, 0.05) is 42.0 Å². The lowest BCUT2D eigenvalue weighted by Crippen LogP contribution is -2.36. The fourth-order valence-electron chi connectivity index (χ4n) is 14.7. The Bertz CT molecular complexity index is 6820. The van der Waals surface area contributed by atoms with Crippen LogP contribution in [0.5, 0.6) is 0 Å². The molecule has 0 amide bonds. The fraction of sp³-hybridized carbons (Fsp3) is 0.0526. The van der Waals surface area contributed by atoms with Crippen LogP contribution in [0.15, 0.2) is 364 Å². The van der Waals surface area contributed by atoms with Gasteiger partial charge in [0.1, 0.15) is 52.4 Å². The maximum Gasteiger partial charge on any atom is 0.416 e. The Balaban J connectivity index is 0.000000151. The van der Waals surface area contributed by atoms with Crippen LogP contribution in [0.1, 0.15) is 33.4 Å². The highest BCUT2D eigenvalue weighted by Crippen LogP contribution is 2.46.